The second kappa shape index (κ2) is 8.52. The third-order valence-corrected chi connectivity index (χ3v) is 6.88. The SMILES string of the molecule is CNc1cc(C)ccc1C.O=CCN1C(=O)C2(COc3cc4c(cc32)CCO4)c2ccccc21. The molecule has 0 saturated carbocycles. The number of fused-ring (bicyclic) bond motifs is 5. The standard InChI is InChI=1S/C19H15NO4.C9H13N/c21-7-6-20-15-4-2-1-3-13(15)19(18(20)22)11-24-17-10-16-12(5-8-23-16)9-14(17)19;1-7-4-5-8(2)9(6-7)10-3/h1-4,7,9-10H,5-6,8,11H2;4-6,10H,1-3H3. The molecule has 1 N–H and O–H groups in total. The van der Waals surface area contributed by atoms with Crippen LogP contribution in [0.5, 0.6) is 11.5 Å². The Kier molecular flexibility index (Phi) is 5.52. The van der Waals surface area contributed by atoms with Crippen molar-refractivity contribution >= 4 is 23.6 Å². The minimum absolute atomic E-state index is 0.0565. The molecule has 1 spiro atoms. The van der Waals surface area contributed by atoms with Crippen molar-refractivity contribution in [2.24, 2.45) is 0 Å². The fraction of sp³-hybridized carbons (Fsp3) is 0.286. The summed E-state index contributed by atoms with van der Waals surface area (Å²) >= 11 is 0. The minimum Gasteiger partial charge on any atom is -0.493 e. The van der Waals surface area contributed by atoms with Crippen molar-refractivity contribution < 1.29 is 19.1 Å². The zero-order valence-electron chi connectivity index (χ0n) is 19.7. The van der Waals surface area contributed by atoms with Gasteiger partial charge in [0.2, 0.25) is 5.91 Å². The van der Waals surface area contributed by atoms with E-state index in [4.69, 9.17) is 9.47 Å². The first-order chi connectivity index (χ1) is 16.5. The zero-order chi connectivity index (χ0) is 23.9. The lowest BCUT2D eigenvalue weighted by atomic mass is 9.76. The molecule has 0 aromatic heterocycles. The number of para-hydroxylation sites is 1. The number of anilines is 2. The topological polar surface area (TPSA) is 67.9 Å². The molecular formula is C28H28N2O4. The third kappa shape index (κ3) is 3.33. The lowest BCUT2D eigenvalue weighted by Gasteiger charge is -2.22. The fourth-order valence-corrected chi connectivity index (χ4v) is 5.11. The van der Waals surface area contributed by atoms with Gasteiger partial charge in [-0.15, -0.1) is 0 Å². The highest BCUT2D eigenvalue weighted by atomic mass is 16.5. The maximum Gasteiger partial charge on any atom is 0.246 e. The summed E-state index contributed by atoms with van der Waals surface area (Å²) in [5, 5.41) is 3.14. The summed E-state index contributed by atoms with van der Waals surface area (Å²) in [5.74, 6) is 1.45. The van der Waals surface area contributed by atoms with Crippen LogP contribution in [0.25, 0.3) is 0 Å². The van der Waals surface area contributed by atoms with E-state index < -0.39 is 5.41 Å². The van der Waals surface area contributed by atoms with Gasteiger partial charge >= 0.3 is 0 Å². The van der Waals surface area contributed by atoms with Crippen LogP contribution in [0.1, 0.15) is 27.8 Å². The van der Waals surface area contributed by atoms with Crippen LogP contribution in [0.15, 0.2) is 54.6 Å². The maximum atomic E-state index is 13.3. The van der Waals surface area contributed by atoms with E-state index in [2.05, 4.69) is 37.4 Å². The normalized spacial score (nSPS) is 18.9. The molecule has 3 aliphatic rings. The van der Waals surface area contributed by atoms with E-state index in [9.17, 15) is 9.59 Å². The van der Waals surface area contributed by atoms with Crippen LogP contribution in [0.4, 0.5) is 11.4 Å². The van der Waals surface area contributed by atoms with Crippen LogP contribution in [0.3, 0.4) is 0 Å². The second-order valence-electron chi connectivity index (χ2n) is 8.92. The first-order valence-corrected chi connectivity index (χ1v) is 11.5. The molecule has 6 heteroatoms. The monoisotopic (exact) mass is 456 g/mol. The molecule has 3 aliphatic heterocycles. The Bertz CT molecular complexity index is 1290. The Morgan fingerprint density at radius 1 is 1.03 bits per heavy atom. The summed E-state index contributed by atoms with van der Waals surface area (Å²) < 4.78 is 11.5. The highest BCUT2D eigenvalue weighted by Gasteiger charge is 2.57. The van der Waals surface area contributed by atoms with E-state index in [1.807, 2.05) is 43.4 Å². The van der Waals surface area contributed by atoms with Crippen molar-refractivity contribution in [3.63, 3.8) is 0 Å². The maximum absolute atomic E-state index is 13.3. The molecule has 3 aromatic carbocycles. The van der Waals surface area contributed by atoms with Crippen LogP contribution in [0.2, 0.25) is 0 Å². The highest BCUT2D eigenvalue weighted by Crippen LogP contribution is 2.53. The van der Waals surface area contributed by atoms with Crippen molar-refractivity contribution in [2.75, 3.05) is 37.0 Å². The number of aryl methyl sites for hydroxylation is 2. The van der Waals surface area contributed by atoms with Crippen molar-refractivity contribution in [1.82, 2.24) is 0 Å². The smallest absolute Gasteiger partial charge is 0.246 e. The fourth-order valence-electron chi connectivity index (χ4n) is 5.11. The predicted octanol–water partition coefficient (Wildman–Crippen LogP) is 4.19. The molecule has 1 atom stereocenters. The number of carbonyl (C=O) groups excluding carboxylic acids is 2. The number of aldehydes is 1. The molecule has 6 rings (SSSR count). The molecule has 174 valence electrons. The average molecular weight is 457 g/mol. The van der Waals surface area contributed by atoms with Gasteiger partial charge in [-0.3, -0.25) is 4.79 Å². The third-order valence-electron chi connectivity index (χ3n) is 6.88. The molecular weight excluding hydrogens is 428 g/mol. The van der Waals surface area contributed by atoms with Crippen LogP contribution < -0.4 is 19.7 Å². The van der Waals surface area contributed by atoms with Gasteiger partial charge in [0.25, 0.3) is 0 Å². The van der Waals surface area contributed by atoms with Gasteiger partial charge in [-0.2, -0.15) is 0 Å². The van der Waals surface area contributed by atoms with Crippen LogP contribution in [-0.4, -0.2) is 39.0 Å². The van der Waals surface area contributed by atoms with Crippen molar-refractivity contribution in [1.29, 1.82) is 0 Å². The summed E-state index contributed by atoms with van der Waals surface area (Å²) in [6, 6.07) is 18.0. The Morgan fingerprint density at radius 3 is 2.62 bits per heavy atom. The number of rotatable bonds is 3. The molecule has 0 saturated heterocycles. The lowest BCUT2D eigenvalue weighted by molar-refractivity contribution is -0.123. The van der Waals surface area contributed by atoms with Gasteiger partial charge in [-0.1, -0.05) is 30.3 Å². The zero-order valence-corrected chi connectivity index (χ0v) is 19.7. The number of nitrogens with one attached hydrogen (secondary N) is 1. The summed E-state index contributed by atoms with van der Waals surface area (Å²) in [7, 11) is 1.95. The number of hydrogen-bond donors (Lipinski definition) is 1. The number of ether oxygens (including phenoxy) is 2. The summed E-state index contributed by atoms with van der Waals surface area (Å²) in [5.41, 5.74) is 6.67. The Labute approximate surface area is 199 Å². The van der Waals surface area contributed by atoms with Gasteiger partial charge in [0, 0.05) is 36.5 Å². The van der Waals surface area contributed by atoms with Crippen molar-refractivity contribution in [3.05, 3.63) is 82.4 Å². The van der Waals surface area contributed by atoms with Crippen LogP contribution in [0, 0.1) is 13.8 Å². The van der Waals surface area contributed by atoms with Crippen LogP contribution >= 0.6 is 0 Å². The van der Waals surface area contributed by atoms with Gasteiger partial charge in [0.15, 0.2) is 0 Å². The van der Waals surface area contributed by atoms with Gasteiger partial charge in [-0.05, 0) is 54.3 Å². The predicted molar refractivity (Wildman–Crippen MR) is 132 cm³/mol. The van der Waals surface area contributed by atoms with E-state index >= 15 is 0 Å². The molecule has 1 unspecified atom stereocenters. The largest absolute Gasteiger partial charge is 0.493 e. The number of nitrogens with zero attached hydrogens (tertiary/aromatic N) is 1. The van der Waals surface area contributed by atoms with Gasteiger partial charge < -0.3 is 24.5 Å². The van der Waals surface area contributed by atoms with Gasteiger partial charge in [0.1, 0.15) is 29.8 Å². The minimum atomic E-state index is -0.855. The van der Waals surface area contributed by atoms with Gasteiger partial charge in [-0.25, -0.2) is 0 Å². The number of hydrogen-bond acceptors (Lipinski definition) is 5. The molecule has 6 nitrogen and oxygen atoms in total. The molecule has 0 radical (unpaired) electrons. The van der Waals surface area contributed by atoms with Crippen LogP contribution in [-0.2, 0) is 21.4 Å². The molecule has 0 bridgehead atoms. The van der Waals surface area contributed by atoms with Gasteiger partial charge in [0.05, 0.1) is 13.2 Å². The van der Waals surface area contributed by atoms with E-state index in [1.165, 1.54) is 16.8 Å². The summed E-state index contributed by atoms with van der Waals surface area (Å²) in [6.45, 7) is 5.18. The molecule has 3 aromatic rings. The van der Waals surface area contributed by atoms with E-state index in [0.29, 0.717) is 12.4 Å². The Hall–Kier alpha value is -3.80. The number of benzene rings is 3. The van der Waals surface area contributed by atoms with E-state index in [0.717, 1.165) is 40.8 Å². The number of carbonyl (C=O) groups is 2. The summed E-state index contributed by atoms with van der Waals surface area (Å²) in [4.78, 5) is 25.9. The summed E-state index contributed by atoms with van der Waals surface area (Å²) in [6.07, 6.45) is 1.60. The first kappa shape index (κ1) is 22.0. The van der Waals surface area contributed by atoms with E-state index in [-0.39, 0.29) is 19.1 Å². The van der Waals surface area contributed by atoms with E-state index in [1.54, 1.807) is 4.90 Å². The lowest BCUT2D eigenvalue weighted by Crippen LogP contribution is -2.43. The second-order valence-corrected chi connectivity index (χ2v) is 8.92. The molecule has 3 heterocycles. The molecule has 0 fully saturated rings. The Balaban J connectivity index is 0.000000204. The Morgan fingerprint density at radius 2 is 1.85 bits per heavy atom. The first-order valence-electron chi connectivity index (χ1n) is 11.5. The van der Waals surface area contributed by atoms with Crippen molar-refractivity contribution in [3.8, 4) is 11.5 Å². The molecule has 1 amide bonds. The molecule has 0 aliphatic carbocycles. The van der Waals surface area contributed by atoms with Crippen molar-refractivity contribution in [2.45, 2.75) is 25.7 Å². The quantitative estimate of drug-likeness (QED) is 0.599. The average Bonchev–Trinajstić information content (AvgIpc) is 3.52. The number of amides is 1. The molecule has 34 heavy (non-hydrogen) atoms. The highest BCUT2D eigenvalue weighted by molar-refractivity contribution is 6.12.